The van der Waals surface area contributed by atoms with Crippen molar-refractivity contribution in [1.82, 2.24) is 10.2 Å². The van der Waals surface area contributed by atoms with Gasteiger partial charge in [0.1, 0.15) is 0 Å². The first kappa shape index (κ1) is 17.5. The van der Waals surface area contributed by atoms with E-state index in [4.69, 9.17) is 0 Å². The fraction of sp³-hybridized carbons (Fsp3) is 0.625. The Morgan fingerprint density at radius 2 is 1.90 bits per heavy atom. The van der Waals surface area contributed by atoms with Crippen LogP contribution < -0.4 is 10.2 Å². The maximum absolute atomic E-state index is 3.74. The third kappa shape index (κ3) is 5.08. The van der Waals surface area contributed by atoms with Crippen LogP contribution in [0.25, 0.3) is 0 Å². The SMILES string of the molecule is CCCN(CCN(C)C)c1ccc(C(C)NC)cc1Br. The quantitative estimate of drug-likeness (QED) is 0.780. The van der Waals surface area contributed by atoms with E-state index in [2.05, 4.69) is 77.2 Å². The number of hydrogen-bond donors (Lipinski definition) is 1. The number of nitrogens with one attached hydrogen (secondary N) is 1. The summed E-state index contributed by atoms with van der Waals surface area (Å²) in [6.45, 7) is 7.63. The highest BCUT2D eigenvalue weighted by Crippen LogP contribution is 2.29. The molecule has 114 valence electrons. The molecule has 0 saturated heterocycles. The molecule has 1 N–H and O–H groups in total. The Labute approximate surface area is 132 Å². The molecule has 0 aliphatic heterocycles. The second kappa shape index (κ2) is 8.65. The van der Waals surface area contributed by atoms with Crippen LogP contribution >= 0.6 is 15.9 Å². The summed E-state index contributed by atoms with van der Waals surface area (Å²) in [5.41, 5.74) is 2.60. The molecule has 0 aliphatic carbocycles. The predicted octanol–water partition coefficient (Wildman–Crippen LogP) is 3.51. The molecule has 0 radical (unpaired) electrons. The van der Waals surface area contributed by atoms with Crippen LogP contribution in [-0.2, 0) is 0 Å². The van der Waals surface area contributed by atoms with Gasteiger partial charge in [0.2, 0.25) is 0 Å². The van der Waals surface area contributed by atoms with Crippen LogP contribution in [0.4, 0.5) is 5.69 Å². The van der Waals surface area contributed by atoms with Crippen molar-refractivity contribution in [1.29, 1.82) is 0 Å². The molecule has 0 aliphatic rings. The summed E-state index contributed by atoms with van der Waals surface area (Å²) in [4.78, 5) is 4.69. The minimum absolute atomic E-state index is 0.377. The van der Waals surface area contributed by atoms with Gasteiger partial charge in [-0.25, -0.2) is 0 Å². The fourth-order valence-corrected chi connectivity index (χ4v) is 2.81. The van der Waals surface area contributed by atoms with Crippen molar-refractivity contribution in [3.63, 3.8) is 0 Å². The van der Waals surface area contributed by atoms with Gasteiger partial charge in [-0.3, -0.25) is 0 Å². The van der Waals surface area contributed by atoms with Crippen LogP contribution in [0.5, 0.6) is 0 Å². The largest absolute Gasteiger partial charge is 0.369 e. The Morgan fingerprint density at radius 3 is 2.40 bits per heavy atom. The highest BCUT2D eigenvalue weighted by Gasteiger charge is 2.12. The predicted molar refractivity (Wildman–Crippen MR) is 92.7 cm³/mol. The van der Waals surface area contributed by atoms with Gasteiger partial charge in [-0.05, 0) is 68.1 Å². The number of halogens is 1. The van der Waals surface area contributed by atoms with Gasteiger partial charge in [0.25, 0.3) is 0 Å². The Hall–Kier alpha value is -0.580. The van der Waals surface area contributed by atoms with Crippen molar-refractivity contribution in [2.75, 3.05) is 45.7 Å². The van der Waals surface area contributed by atoms with Gasteiger partial charge < -0.3 is 15.1 Å². The molecule has 1 aromatic carbocycles. The average molecular weight is 342 g/mol. The third-order valence-electron chi connectivity index (χ3n) is 3.56. The molecular weight excluding hydrogens is 314 g/mol. The van der Waals surface area contributed by atoms with E-state index in [1.54, 1.807) is 0 Å². The highest BCUT2D eigenvalue weighted by molar-refractivity contribution is 9.10. The zero-order valence-electron chi connectivity index (χ0n) is 13.4. The van der Waals surface area contributed by atoms with Crippen LogP contribution in [0, 0.1) is 0 Å². The van der Waals surface area contributed by atoms with E-state index in [0.717, 1.165) is 26.1 Å². The maximum Gasteiger partial charge on any atom is 0.0511 e. The van der Waals surface area contributed by atoms with E-state index >= 15 is 0 Å². The number of benzene rings is 1. The molecule has 1 rings (SSSR count). The van der Waals surface area contributed by atoms with E-state index in [0.29, 0.717) is 6.04 Å². The van der Waals surface area contributed by atoms with Crippen molar-refractivity contribution in [2.45, 2.75) is 26.3 Å². The van der Waals surface area contributed by atoms with Gasteiger partial charge in [0.05, 0.1) is 5.69 Å². The second-order valence-electron chi connectivity index (χ2n) is 5.51. The summed E-state index contributed by atoms with van der Waals surface area (Å²) in [7, 11) is 6.24. The summed E-state index contributed by atoms with van der Waals surface area (Å²) in [5, 5.41) is 3.28. The minimum Gasteiger partial charge on any atom is -0.369 e. The maximum atomic E-state index is 3.74. The number of hydrogen-bond acceptors (Lipinski definition) is 3. The van der Waals surface area contributed by atoms with Gasteiger partial charge in [-0.2, -0.15) is 0 Å². The molecule has 4 heteroatoms. The lowest BCUT2D eigenvalue weighted by Crippen LogP contribution is -2.32. The number of anilines is 1. The Bertz CT molecular complexity index is 407. The number of likely N-dealkylation sites (N-methyl/N-ethyl adjacent to an activating group) is 1. The molecule has 0 fully saturated rings. The van der Waals surface area contributed by atoms with Crippen LogP contribution in [0.3, 0.4) is 0 Å². The number of rotatable bonds is 8. The summed E-state index contributed by atoms with van der Waals surface area (Å²) in [6, 6.07) is 7.06. The zero-order chi connectivity index (χ0) is 15.1. The molecule has 0 saturated carbocycles. The minimum atomic E-state index is 0.377. The molecule has 20 heavy (non-hydrogen) atoms. The van der Waals surface area contributed by atoms with Crippen molar-refractivity contribution in [3.8, 4) is 0 Å². The molecule has 3 nitrogen and oxygen atoms in total. The first-order valence-corrected chi connectivity index (χ1v) is 8.15. The van der Waals surface area contributed by atoms with E-state index in [9.17, 15) is 0 Å². The van der Waals surface area contributed by atoms with Gasteiger partial charge in [0.15, 0.2) is 0 Å². The second-order valence-corrected chi connectivity index (χ2v) is 6.37. The zero-order valence-corrected chi connectivity index (χ0v) is 15.0. The van der Waals surface area contributed by atoms with Crippen LogP contribution in [-0.4, -0.2) is 45.7 Å². The number of nitrogens with zero attached hydrogens (tertiary/aromatic N) is 2. The highest BCUT2D eigenvalue weighted by atomic mass is 79.9. The first-order valence-electron chi connectivity index (χ1n) is 7.36. The topological polar surface area (TPSA) is 18.5 Å². The van der Waals surface area contributed by atoms with Gasteiger partial charge >= 0.3 is 0 Å². The van der Waals surface area contributed by atoms with E-state index < -0.39 is 0 Å². The van der Waals surface area contributed by atoms with Gasteiger partial charge in [-0.15, -0.1) is 0 Å². The lowest BCUT2D eigenvalue weighted by Gasteiger charge is -2.27. The van der Waals surface area contributed by atoms with Gasteiger partial charge in [-0.1, -0.05) is 13.0 Å². The standard InChI is InChI=1S/C16H28BrN3/c1-6-9-20(11-10-19(4)5)16-8-7-14(12-15(16)17)13(2)18-3/h7-8,12-13,18H,6,9-11H2,1-5H3. The summed E-state index contributed by atoms with van der Waals surface area (Å²) >= 11 is 3.74. The lowest BCUT2D eigenvalue weighted by molar-refractivity contribution is 0.413. The van der Waals surface area contributed by atoms with Crippen molar-refractivity contribution in [3.05, 3.63) is 28.2 Å². The normalized spacial score (nSPS) is 12.8. The van der Waals surface area contributed by atoms with Crippen molar-refractivity contribution in [2.24, 2.45) is 0 Å². The molecule has 0 amide bonds. The monoisotopic (exact) mass is 341 g/mol. The van der Waals surface area contributed by atoms with Crippen LogP contribution in [0.15, 0.2) is 22.7 Å². The molecule has 0 aromatic heterocycles. The molecule has 1 aromatic rings. The molecule has 1 unspecified atom stereocenters. The van der Waals surface area contributed by atoms with Crippen LogP contribution in [0.1, 0.15) is 31.9 Å². The van der Waals surface area contributed by atoms with Crippen LogP contribution in [0.2, 0.25) is 0 Å². The summed E-state index contributed by atoms with van der Waals surface area (Å²) < 4.78 is 1.18. The lowest BCUT2D eigenvalue weighted by atomic mass is 10.1. The van der Waals surface area contributed by atoms with Crippen molar-refractivity contribution >= 4 is 21.6 Å². The fourth-order valence-electron chi connectivity index (χ4n) is 2.16. The molecule has 1 atom stereocenters. The van der Waals surface area contributed by atoms with E-state index in [1.165, 1.54) is 15.7 Å². The third-order valence-corrected chi connectivity index (χ3v) is 4.19. The smallest absolute Gasteiger partial charge is 0.0511 e. The van der Waals surface area contributed by atoms with Crippen molar-refractivity contribution < 1.29 is 0 Å². The Balaban J connectivity index is 2.90. The average Bonchev–Trinajstić information content (AvgIpc) is 2.42. The first-order chi connectivity index (χ1) is 9.49. The van der Waals surface area contributed by atoms with Gasteiger partial charge in [0, 0.05) is 30.1 Å². The van der Waals surface area contributed by atoms with E-state index in [-0.39, 0.29) is 0 Å². The Morgan fingerprint density at radius 1 is 1.20 bits per heavy atom. The molecule has 0 bridgehead atoms. The Kier molecular flexibility index (Phi) is 7.56. The molecule has 0 spiro atoms. The van der Waals surface area contributed by atoms with E-state index in [1.807, 2.05) is 7.05 Å². The summed E-state index contributed by atoms with van der Waals surface area (Å²) in [5.74, 6) is 0. The summed E-state index contributed by atoms with van der Waals surface area (Å²) in [6.07, 6.45) is 1.16. The molecular formula is C16H28BrN3. The molecule has 0 heterocycles.